The fourth-order valence-corrected chi connectivity index (χ4v) is 1.11. The third kappa shape index (κ3) is 8.24. The van der Waals surface area contributed by atoms with Crippen molar-refractivity contribution in [3.8, 4) is 0 Å². The Labute approximate surface area is 92.0 Å². The summed E-state index contributed by atoms with van der Waals surface area (Å²) in [5.41, 5.74) is -0.304. The molecule has 0 radical (unpaired) electrons. The van der Waals surface area contributed by atoms with Crippen molar-refractivity contribution in [2.24, 2.45) is 0 Å². The molecule has 0 fully saturated rings. The smallest absolute Gasteiger partial charge is 0.407 e. The van der Waals surface area contributed by atoms with Gasteiger partial charge in [-0.1, -0.05) is 13.3 Å². The Balaban J connectivity index is 3.91. The summed E-state index contributed by atoms with van der Waals surface area (Å²) in [7, 11) is 0. The number of nitrogens with one attached hydrogen (secondary N) is 1. The summed E-state index contributed by atoms with van der Waals surface area (Å²) in [6.45, 7) is 7.60. The van der Waals surface area contributed by atoms with Gasteiger partial charge in [0.05, 0.1) is 6.61 Å². The molecule has 0 saturated carbocycles. The van der Waals surface area contributed by atoms with E-state index in [1.54, 1.807) is 0 Å². The average molecular weight is 217 g/mol. The summed E-state index contributed by atoms with van der Waals surface area (Å²) in [5.74, 6) is 0. The van der Waals surface area contributed by atoms with Crippen LogP contribution in [0.4, 0.5) is 4.79 Å². The van der Waals surface area contributed by atoms with Gasteiger partial charge in [-0.15, -0.1) is 0 Å². The van der Waals surface area contributed by atoms with Crippen molar-refractivity contribution in [3.63, 3.8) is 0 Å². The van der Waals surface area contributed by atoms with Crippen LogP contribution in [-0.4, -0.2) is 29.4 Å². The number of rotatable bonds is 5. The van der Waals surface area contributed by atoms with Crippen molar-refractivity contribution < 1.29 is 14.6 Å². The molecule has 4 nitrogen and oxygen atoms in total. The molecule has 0 aliphatic carbocycles. The predicted molar refractivity (Wildman–Crippen MR) is 59.8 cm³/mol. The van der Waals surface area contributed by atoms with Crippen LogP contribution in [-0.2, 0) is 4.74 Å². The second-order valence-electron chi connectivity index (χ2n) is 4.73. The average Bonchev–Trinajstić information content (AvgIpc) is 2.09. The highest BCUT2D eigenvalue weighted by molar-refractivity contribution is 5.68. The maximum Gasteiger partial charge on any atom is 0.407 e. The van der Waals surface area contributed by atoms with Crippen molar-refractivity contribution in [1.82, 2.24) is 5.32 Å². The largest absolute Gasteiger partial charge is 0.444 e. The zero-order valence-corrected chi connectivity index (χ0v) is 10.2. The van der Waals surface area contributed by atoms with Crippen LogP contribution in [0.3, 0.4) is 0 Å². The zero-order valence-electron chi connectivity index (χ0n) is 10.2. The number of carbonyl (C=O) groups excluding carboxylic acids is 1. The Kier molecular flexibility index (Phi) is 6.32. The summed E-state index contributed by atoms with van der Waals surface area (Å²) in [6, 6.07) is 0. The van der Waals surface area contributed by atoms with E-state index in [-0.39, 0.29) is 18.2 Å². The highest BCUT2D eigenvalue weighted by Crippen LogP contribution is 2.06. The quantitative estimate of drug-likeness (QED) is 0.741. The van der Waals surface area contributed by atoms with E-state index in [4.69, 9.17) is 9.84 Å². The maximum atomic E-state index is 11.3. The first-order valence-corrected chi connectivity index (χ1v) is 5.48. The lowest BCUT2D eigenvalue weighted by molar-refractivity contribution is 0.0477. The molecule has 0 aromatic rings. The van der Waals surface area contributed by atoms with Crippen LogP contribution < -0.4 is 5.32 Å². The first-order chi connectivity index (χ1) is 6.89. The van der Waals surface area contributed by atoms with Gasteiger partial charge in [-0.3, -0.25) is 0 Å². The second kappa shape index (κ2) is 6.67. The molecule has 0 aliphatic heterocycles. The minimum absolute atomic E-state index is 0.114. The van der Waals surface area contributed by atoms with Crippen molar-refractivity contribution in [2.45, 2.75) is 58.6 Å². The van der Waals surface area contributed by atoms with Gasteiger partial charge in [0.1, 0.15) is 6.10 Å². The third-order valence-corrected chi connectivity index (χ3v) is 1.83. The minimum atomic E-state index is -0.461. The van der Waals surface area contributed by atoms with E-state index in [1.807, 2.05) is 20.8 Å². The SMILES string of the molecule is CCCCC(CO)OC(=O)NC(C)(C)C. The van der Waals surface area contributed by atoms with Crippen LogP contribution in [0.15, 0.2) is 0 Å². The fraction of sp³-hybridized carbons (Fsp3) is 0.909. The molecule has 90 valence electrons. The van der Waals surface area contributed by atoms with Crippen LogP contribution in [0.5, 0.6) is 0 Å². The van der Waals surface area contributed by atoms with Gasteiger partial charge in [-0.05, 0) is 33.6 Å². The molecule has 0 heterocycles. The monoisotopic (exact) mass is 217 g/mol. The molecule has 0 aromatic heterocycles. The highest BCUT2D eigenvalue weighted by Gasteiger charge is 2.18. The van der Waals surface area contributed by atoms with Gasteiger partial charge in [-0.2, -0.15) is 0 Å². The van der Waals surface area contributed by atoms with Crippen LogP contribution in [0.1, 0.15) is 47.0 Å². The van der Waals surface area contributed by atoms with E-state index in [9.17, 15) is 4.79 Å². The van der Waals surface area contributed by atoms with Gasteiger partial charge in [-0.25, -0.2) is 4.79 Å². The molecule has 2 N–H and O–H groups in total. The Bertz CT molecular complexity index is 187. The summed E-state index contributed by atoms with van der Waals surface area (Å²) in [4.78, 5) is 11.3. The van der Waals surface area contributed by atoms with Crippen molar-refractivity contribution in [2.75, 3.05) is 6.61 Å². The summed E-state index contributed by atoms with van der Waals surface area (Å²) >= 11 is 0. The lowest BCUT2D eigenvalue weighted by atomic mass is 10.1. The molecule has 0 saturated heterocycles. The standard InChI is InChI=1S/C11H23NO3/c1-5-6-7-9(8-13)15-10(14)12-11(2,3)4/h9,13H,5-8H2,1-4H3,(H,12,14). The number of hydrogen-bond donors (Lipinski definition) is 2. The topological polar surface area (TPSA) is 58.6 Å². The van der Waals surface area contributed by atoms with E-state index >= 15 is 0 Å². The van der Waals surface area contributed by atoms with Gasteiger partial charge in [0.25, 0.3) is 0 Å². The molecule has 0 aromatic carbocycles. The van der Waals surface area contributed by atoms with Crippen LogP contribution in [0, 0.1) is 0 Å². The molecule has 0 bridgehead atoms. The first-order valence-electron chi connectivity index (χ1n) is 5.48. The van der Waals surface area contributed by atoms with E-state index in [1.165, 1.54) is 0 Å². The van der Waals surface area contributed by atoms with Crippen LogP contribution in [0.25, 0.3) is 0 Å². The number of alkyl carbamates (subject to hydrolysis) is 1. The molecule has 0 spiro atoms. The molecule has 0 aliphatic rings. The number of unbranched alkanes of at least 4 members (excludes halogenated alkanes) is 1. The Morgan fingerprint density at radius 2 is 2.07 bits per heavy atom. The molecule has 1 atom stereocenters. The minimum Gasteiger partial charge on any atom is -0.444 e. The van der Waals surface area contributed by atoms with Crippen molar-refractivity contribution in [3.05, 3.63) is 0 Å². The molecule has 4 heteroatoms. The van der Waals surface area contributed by atoms with Crippen molar-refractivity contribution in [1.29, 1.82) is 0 Å². The molecule has 1 unspecified atom stereocenters. The zero-order chi connectivity index (χ0) is 11.9. The van der Waals surface area contributed by atoms with Gasteiger partial charge < -0.3 is 15.2 Å². The molecular weight excluding hydrogens is 194 g/mol. The van der Waals surface area contributed by atoms with E-state index in [2.05, 4.69) is 12.2 Å². The van der Waals surface area contributed by atoms with Gasteiger partial charge in [0, 0.05) is 5.54 Å². The normalized spacial score (nSPS) is 13.4. The Morgan fingerprint density at radius 1 is 1.47 bits per heavy atom. The summed E-state index contributed by atoms with van der Waals surface area (Å²) in [6.07, 6.45) is 1.85. The van der Waals surface area contributed by atoms with Gasteiger partial charge in [0.2, 0.25) is 0 Å². The van der Waals surface area contributed by atoms with Crippen molar-refractivity contribution >= 4 is 6.09 Å². The number of carbonyl (C=O) groups is 1. The lowest BCUT2D eigenvalue weighted by Crippen LogP contribution is -2.42. The number of amides is 1. The number of ether oxygens (including phenoxy) is 1. The van der Waals surface area contributed by atoms with Crippen LogP contribution >= 0.6 is 0 Å². The molecular formula is C11H23NO3. The van der Waals surface area contributed by atoms with E-state index < -0.39 is 6.09 Å². The predicted octanol–water partition coefficient (Wildman–Crippen LogP) is 2.06. The Hall–Kier alpha value is -0.770. The highest BCUT2D eigenvalue weighted by atomic mass is 16.6. The van der Waals surface area contributed by atoms with Gasteiger partial charge in [0.15, 0.2) is 0 Å². The molecule has 1 amide bonds. The Morgan fingerprint density at radius 3 is 2.47 bits per heavy atom. The molecule has 15 heavy (non-hydrogen) atoms. The first kappa shape index (κ1) is 14.2. The molecule has 0 rings (SSSR count). The third-order valence-electron chi connectivity index (χ3n) is 1.83. The number of aliphatic hydroxyl groups excluding tert-OH is 1. The summed E-state index contributed by atoms with van der Waals surface area (Å²) in [5, 5.41) is 11.7. The second-order valence-corrected chi connectivity index (χ2v) is 4.73. The maximum absolute atomic E-state index is 11.3. The van der Waals surface area contributed by atoms with E-state index in [0.717, 1.165) is 12.8 Å². The van der Waals surface area contributed by atoms with Crippen LogP contribution in [0.2, 0.25) is 0 Å². The van der Waals surface area contributed by atoms with Gasteiger partial charge >= 0.3 is 6.09 Å². The lowest BCUT2D eigenvalue weighted by Gasteiger charge is -2.22. The van der Waals surface area contributed by atoms with E-state index in [0.29, 0.717) is 6.42 Å². The number of aliphatic hydroxyl groups is 1. The fourth-order valence-electron chi connectivity index (χ4n) is 1.11. The summed E-state index contributed by atoms with van der Waals surface area (Å²) < 4.78 is 5.08. The number of hydrogen-bond acceptors (Lipinski definition) is 3.